The van der Waals surface area contributed by atoms with Gasteiger partial charge < -0.3 is 9.88 Å². The van der Waals surface area contributed by atoms with E-state index in [1.165, 1.54) is 20.9 Å². The smallest absolute Gasteiger partial charge is 0.0492 e. The van der Waals surface area contributed by atoms with Gasteiger partial charge in [-0.3, -0.25) is 0 Å². The number of aryl methyl sites for hydroxylation is 1. The molecular weight excluding hydrogens is 252 g/mol. The van der Waals surface area contributed by atoms with Crippen LogP contribution in [0.2, 0.25) is 0 Å². The SMILES string of the molecule is CNCCc1cccc2c1c(Br)cn2C. The van der Waals surface area contributed by atoms with Gasteiger partial charge in [-0.15, -0.1) is 0 Å². The molecule has 15 heavy (non-hydrogen) atoms. The zero-order valence-corrected chi connectivity index (χ0v) is 10.6. The molecule has 0 saturated carbocycles. The fourth-order valence-electron chi connectivity index (χ4n) is 1.93. The number of halogens is 1. The monoisotopic (exact) mass is 266 g/mol. The zero-order valence-electron chi connectivity index (χ0n) is 9.05. The van der Waals surface area contributed by atoms with Gasteiger partial charge in [0.15, 0.2) is 0 Å². The Labute approximate surface area is 98.4 Å². The van der Waals surface area contributed by atoms with Gasteiger partial charge >= 0.3 is 0 Å². The summed E-state index contributed by atoms with van der Waals surface area (Å²) in [6.45, 7) is 1.01. The molecule has 0 amide bonds. The molecule has 2 rings (SSSR count). The number of nitrogens with zero attached hydrogens (tertiary/aromatic N) is 1. The van der Waals surface area contributed by atoms with Crippen LogP contribution in [0, 0.1) is 0 Å². The fraction of sp³-hybridized carbons (Fsp3) is 0.333. The molecule has 2 aromatic rings. The molecule has 0 aliphatic carbocycles. The van der Waals surface area contributed by atoms with Crippen molar-refractivity contribution in [3.05, 3.63) is 34.4 Å². The van der Waals surface area contributed by atoms with E-state index in [4.69, 9.17) is 0 Å². The maximum absolute atomic E-state index is 3.62. The van der Waals surface area contributed by atoms with Crippen molar-refractivity contribution < 1.29 is 0 Å². The second-order valence-electron chi connectivity index (χ2n) is 3.75. The molecule has 1 aromatic carbocycles. The number of hydrogen-bond donors (Lipinski definition) is 1. The molecule has 1 aromatic heterocycles. The van der Waals surface area contributed by atoms with Gasteiger partial charge in [-0.25, -0.2) is 0 Å². The lowest BCUT2D eigenvalue weighted by Crippen LogP contribution is -2.10. The Morgan fingerprint density at radius 1 is 1.40 bits per heavy atom. The van der Waals surface area contributed by atoms with Crippen LogP contribution in [0.15, 0.2) is 28.9 Å². The van der Waals surface area contributed by atoms with E-state index < -0.39 is 0 Å². The summed E-state index contributed by atoms with van der Waals surface area (Å²) in [4.78, 5) is 0. The fourth-order valence-corrected chi connectivity index (χ4v) is 2.69. The van der Waals surface area contributed by atoms with E-state index in [-0.39, 0.29) is 0 Å². The van der Waals surface area contributed by atoms with Gasteiger partial charge in [0.1, 0.15) is 0 Å². The summed E-state index contributed by atoms with van der Waals surface area (Å²) in [7, 11) is 4.06. The molecule has 0 aliphatic rings. The second-order valence-corrected chi connectivity index (χ2v) is 4.61. The minimum atomic E-state index is 1.01. The summed E-state index contributed by atoms with van der Waals surface area (Å²) in [6, 6.07) is 6.48. The van der Waals surface area contributed by atoms with Crippen molar-refractivity contribution in [2.24, 2.45) is 7.05 Å². The third-order valence-corrected chi connectivity index (χ3v) is 3.30. The average molecular weight is 267 g/mol. The van der Waals surface area contributed by atoms with Gasteiger partial charge in [0.2, 0.25) is 0 Å². The van der Waals surface area contributed by atoms with Crippen LogP contribution in [-0.4, -0.2) is 18.2 Å². The number of benzene rings is 1. The third-order valence-electron chi connectivity index (χ3n) is 2.70. The quantitative estimate of drug-likeness (QED) is 0.904. The van der Waals surface area contributed by atoms with E-state index in [9.17, 15) is 0 Å². The van der Waals surface area contributed by atoms with Gasteiger partial charge in [-0.2, -0.15) is 0 Å². The molecule has 0 atom stereocenters. The predicted molar refractivity (Wildman–Crippen MR) is 68.2 cm³/mol. The van der Waals surface area contributed by atoms with Crippen molar-refractivity contribution in [1.82, 2.24) is 9.88 Å². The van der Waals surface area contributed by atoms with Crippen molar-refractivity contribution in [3.63, 3.8) is 0 Å². The minimum absolute atomic E-state index is 1.01. The standard InChI is InChI=1S/C12H15BrN2/c1-14-7-6-9-4-3-5-11-12(9)10(13)8-15(11)2/h3-5,8,14H,6-7H2,1-2H3. The molecule has 0 saturated heterocycles. The van der Waals surface area contributed by atoms with Gasteiger partial charge in [0.25, 0.3) is 0 Å². The maximum atomic E-state index is 3.62. The Morgan fingerprint density at radius 3 is 2.93 bits per heavy atom. The van der Waals surface area contributed by atoms with Crippen molar-refractivity contribution in [2.45, 2.75) is 6.42 Å². The van der Waals surface area contributed by atoms with E-state index in [2.05, 4.69) is 57.3 Å². The van der Waals surface area contributed by atoms with Crippen LogP contribution in [-0.2, 0) is 13.5 Å². The lowest BCUT2D eigenvalue weighted by Gasteiger charge is -2.04. The van der Waals surface area contributed by atoms with Crippen LogP contribution in [0.3, 0.4) is 0 Å². The molecule has 0 bridgehead atoms. The molecule has 1 N–H and O–H groups in total. The van der Waals surface area contributed by atoms with Crippen LogP contribution in [0.4, 0.5) is 0 Å². The predicted octanol–water partition coefficient (Wildman–Crippen LogP) is 2.70. The normalized spacial score (nSPS) is 11.1. The first-order valence-corrected chi connectivity index (χ1v) is 5.90. The van der Waals surface area contributed by atoms with Crippen LogP contribution >= 0.6 is 15.9 Å². The average Bonchev–Trinajstić information content (AvgIpc) is 2.53. The first-order valence-electron chi connectivity index (χ1n) is 5.11. The van der Waals surface area contributed by atoms with Gasteiger partial charge in [-0.05, 0) is 47.6 Å². The van der Waals surface area contributed by atoms with E-state index in [0.717, 1.165) is 13.0 Å². The van der Waals surface area contributed by atoms with E-state index in [1.807, 2.05) is 7.05 Å². The Morgan fingerprint density at radius 2 is 2.20 bits per heavy atom. The molecule has 1 heterocycles. The Bertz CT molecular complexity index is 474. The molecule has 0 aliphatic heterocycles. The summed E-state index contributed by atoms with van der Waals surface area (Å²) in [5.41, 5.74) is 2.69. The van der Waals surface area contributed by atoms with E-state index in [0.29, 0.717) is 0 Å². The maximum Gasteiger partial charge on any atom is 0.0492 e. The molecule has 0 fully saturated rings. The van der Waals surface area contributed by atoms with Crippen molar-refractivity contribution >= 4 is 26.8 Å². The van der Waals surface area contributed by atoms with Gasteiger partial charge in [0, 0.05) is 28.6 Å². The molecular formula is C12H15BrN2. The highest BCUT2D eigenvalue weighted by Gasteiger charge is 2.07. The lowest BCUT2D eigenvalue weighted by molar-refractivity contribution is 0.795. The molecule has 0 spiro atoms. The van der Waals surface area contributed by atoms with E-state index >= 15 is 0 Å². The van der Waals surface area contributed by atoms with Crippen LogP contribution in [0.1, 0.15) is 5.56 Å². The molecule has 0 unspecified atom stereocenters. The summed E-state index contributed by atoms with van der Waals surface area (Å²) in [5.74, 6) is 0. The highest BCUT2D eigenvalue weighted by atomic mass is 79.9. The third kappa shape index (κ3) is 1.94. The first-order chi connectivity index (χ1) is 7.24. The lowest BCUT2D eigenvalue weighted by atomic mass is 10.1. The van der Waals surface area contributed by atoms with Crippen LogP contribution in [0.25, 0.3) is 10.9 Å². The summed E-state index contributed by atoms with van der Waals surface area (Å²) in [5, 5.41) is 4.53. The van der Waals surface area contributed by atoms with Crippen LogP contribution < -0.4 is 5.32 Å². The van der Waals surface area contributed by atoms with Gasteiger partial charge in [0.05, 0.1) is 0 Å². The zero-order chi connectivity index (χ0) is 10.8. The molecule has 2 nitrogen and oxygen atoms in total. The number of hydrogen-bond acceptors (Lipinski definition) is 1. The highest BCUT2D eigenvalue weighted by Crippen LogP contribution is 2.28. The summed E-state index contributed by atoms with van der Waals surface area (Å²) >= 11 is 3.62. The molecule has 3 heteroatoms. The molecule has 80 valence electrons. The highest BCUT2D eigenvalue weighted by molar-refractivity contribution is 9.10. The number of likely N-dealkylation sites (N-methyl/N-ethyl adjacent to an activating group) is 1. The van der Waals surface area contributed by atoms with Crippen molar-refractivity contribution in [1.29, 1.82) is 0 Å². The number of rotatable bonds is 3. The van der Waals surface area contributed by atoms with Crippen molar-refractivity contribution in [2.75, 3.05) is 13.6 Å². The topological polar surface area (TPSA) is 17.0 Å². The number of fused-ring (bicyclic) bond motifs is 1. The number of aromatic nitrogens is 1. The summed E-state index contributed by atoms with van der Waals surface area (Å²) < 4.78 is 3.34. The first kappa shape index (κ1) is 10.7. The molecule has 0 radical (unpaired) electrons. The Hall–Kier alpha value is -0.800. The van der Waals surface area contributed by atoms with Crippen molar-refractivity contribution in [3.8, 4) is 0 Å². The van der Waals surface area contributed by atoms with E-state index in [1.54, 1.807) is 0 Å². The Kier molecular flexibility index (Phi) is 3.12. The second kappa shape index (κ2) is 4.37. The largest absolute Gasteiger partial charge is 0.349 e. The summed E-state index contributed by atoms with van der Waals surface area (Å²) in [6.07, 6.45) is 3.18. The Balaban J connectivity index is 2.54. The minimum Gasteiger partial charge on any atom is -0.349 e. The van der Waals surface area contributed by atoms with Crippen LogP contribution in [0.5, 0.6) is 0 Å². The van der Waals surface area contributed by atoms with Gasteiger partial charge in [-0.1, -0.05) is 12.1 Å². The number of nitrogens with one attached hydrogen (secondary N) is 1.